The van der Waals surface area contributed by atoms with Gasteiger partial charge < -0.3 is 19.6 Å². The van der Waals surface area contributed by atoms with Gasteiger partial charge in [0.2, 0.25) is 5.88 Å². The monoisotopic (exact) mass is 448 g/mol. The molecule has 0 atom stereocenters. The molecule has 1 amide bonds. The van der Waals surface area contributed by atoms with Gasteiger partial charge >= 0.3 is 0 Å². The Kier molecular flexibility index (Phi) is 6.24. The number of fused-ring (bicyclic) bond motifs is 4. The number of carbonyl (C=O) groups excluding carboxylic acids is 2. The third-order valence-corrected chi connectivity index (χ3v) is 6.43. The van der Waals surface area contributed by atoms with Gasteiger partial charge in [-0.1, -0.05) is 6.07 Å². The summed E-state index contributed by atoms with van der Waals surface area (Å²) < 4.78 is 13.7. The summed E-state index contributed by atoms with van der Waals surface area (Å²) in [7, 11) is 0. The van der Waals surface area contributed by atoms with Crippen LogP contribution in [0.5, 0.6) is 11.6 Å². The molecule has 8 nitrogen and oxygen atoms in total. The normalized spacial score (nSPS) is 21.8. The molecule has 0 radical (unpaired) electrons. The van der Waals surface area contributed by atoms with Crippen LogP contribution in [-0.4, -0.2) is 40.2 Å². The van der Waals surface area contributed by atoms with Crippen molar-refractivity contribution in [1.82, 2.24) is 14.8 Å². The molecular weight excluding hydrogens is 420 g/mol. The Labute approximate surface area is 192 Å². The van der Waals surface area contributed by atoms with Crippen LogP contribution in [0.4, 0.5) is 5.69 Å². The summed E-state index contributed by atoms with van der Waals surface area (Å²) in [6.45, 7) is 1.11. The van der Waals surface area contributed by atoms with Crippen molar-refractivity contribution in [2.75, 3.05) is 18.5 Å². The lowest BCUT2D eigenvalue weighted by Gasteiger charge is -2.25. The molecule has 1 fully saturated rings. The van der Waals surface area contributed by atoms with Crippen molar-refractivity contribution in [1.29, 1.82) is 0 Å². The van der Waals surface area contributed by atoms with Crippen molar-refractivity contribution in [2.24, 2.45) is 5.92 Å². The molecule has 33 heavy (non-hydrogen) atoms. The van der Waals surface area contributed by atoms with Crippen LogP contribution < -0.4 is 14.8 Å². The predicted octanol–water partition coefficient (Wildman–Crippen LogP) is 4.56. The number of hydrogen-bond acceptors (Lipinski definition) is 6. The summed E-state index contributed by atoms with van der Waals surface area (Å²) in [6.07, 6.45) is 9.52. The molecule has 0 unspecified atom stereocenters. The SMILES string of the molecule is O=CC1CCC(n2cc3cc4c(cc3n2)OCCCCCOc2cccc(n2)C(=O)N4)CC1. The van der Waals surface area contributed by atoms with Crippen molar-refractivity contribution >= 4 is 28.8 Å². The molecule has 1 saturated carbocycles. The first-order chi connectivity index (χ1) is 16.2. The minimum absolute atomic E-state index is 0.168. The van der Waals surface area contributed by atoms with Crippen LogP contribution in [0.25, 0.3) is 10.9 Å². The van der Waals surface area contributed by atoms with E-state index in [0.29, 0.717) is 36.2 Å². The minimum Gasteiger partial charge on any atom is -0.491 e. The first-order valence-corrected chi connectivity index (χ1v) is 11.7. The fourth-order valence-corrected chi connectivity index (χ4v) is 4.53. The Morgan fingerprint density at radius 3 is 2.67 bits per heavy atom. The quantitative estimate of drug-likeness (QED) is 0.578. The molecule has 172 valence electrons. The second-order valence-electron chi connectivity index (χ2n) is 8.79. The number of benzene rings is 1. The van der Waals surface area contributed by atoms with E-state index in [2.05, 4.69) is 10.3 Å². The van der Waals surface area contributed by atoms with Crippen LogP contribution in [-0.2, 0) is 4.79 Å². The van der Waals surface area contributed by atoms with Gasteiger partial charge in [-0.3, -0.25) is 9.48 Å². The number of nitrogens with one attached hydrogen (secondary N) is 1. The van der Waals surface area contributed by atoms with Gasteiger partial charge in [-0.05, 0) is 57.1 Å². The Bertz CT molecular complexity index is 1150. The van der Waals surface area contributed by atoms with Gasteiger partial charge in [0.25, 0.3) is 5.91 Å². The standard InChI is InChI=1S/C25H28N4O4/c30-16-17-7-9-19(10-8-17)29-15-18-13-22-23(14-21(18)28-29)32-11-2-1-3-12-33-24-6-4-5-20(26-24)25(31)27-22/h4-6,13-17,19H,1-3,7-12H2,(H,27,31). The van der Waals surface area contributed by atoms with Crippen LogP contribution in [0.1, 0.15) is 61.5 Å². The number of aromatic nitrogens is 3. The molecule has 0 spiro atoms. The van der Waals surface area contributed by atoms with Gasteiger partial charge in [0.05, 0.1) is 30.5 Å². The Balaban J connectivity index is 1.45. The van der Waals surface area contributed by atoms with Gasteiger partial charge in [-0.25, -0.2) is 4.98 Å². The Morgan fingerprint density at radius 2 is 1.85 bits per heavy atom. The smallest absolute Gasteiger partial charge is 0.274 e. The fourth-order valence-electron chi connectivity index (χ4n) is 4.53. The molecule has 2 aliphatic rings. The summed E-state index contributed by atoms with van der Waals surface area (Å²) in [6, 6.07) is 9.30. The van der Waals surface area contributed by atoms with E-state index in [1.807, 2.05) is 23.0 Å². The Hall–Kier alpha value is -3.42. The second kappa shape index (κ2) is 9.60. The van der Waals surface area contributed by atoms with E-state index >= 15 is 0 Å². The zero-order valence-corrected chi connectivity index (χ0v) is 18.5. The number of rotatable bonds is 2. The first kappa shape index (κ1) is 21.4. The number of pyridine rings is 1. The van der Waals surface area contributed by atoms with Gasteiger partial charge in [-0.2, -0.15) is 5.10 Å². The molecule has 1 aliphatic carbocycles. The number of nitrogens with zero attached hydrogens (tertiary/aromatic N) is 3. The van der Waals surface area contributed by atoms with E-state index in [1.165, 1.54) is 0 Å². The van der Waals surface area contributed by atoms with Crippen molar-refractivity contribution in [3.05, 3.63) is 42.2 Å². The lowest BCUT2D eigenvalue weighted by atomic mass is 9.87. The minimum atomic E-state index is -0.318. The van der Waals surface area contributed by atoms with E-state index in [4.69, 9.17) is 14.6 Å². The van der Waals surface area contributed by atoms with Crippen molar-refractivity contribution in [2.45, 2.75) is 51.0 Å². The van der Waals surface area contributed by atoms with Crippen molar-refractivity contribution in [3.63, 3.8) is 0 Å². The maximum absolute atomic E-state index is 12.9. The summed E-state index contributed by atoms with van der Waals surface area (Å²) in [5.41, 5.74) is 1.72. The highest BCUT2D eigenvalue weighted by Gasteiger charge is 2.23. The first-order valence-electron chi connectivity index (χ1n) is 11.7. The van der Waals surface area contributed by atoms with Crippen molar-refractivity contribution in [3.8, 4) is 11.6 Å². The maximum atomic E-state index is 12.9. The summed E-state index contributed by atoms with van der Waals surface area (Å²) in [5, 5.41) is 8.69. The zero-order chi connectivity index (χ0) is 22.6. The molecule has 2 bridgehead atoms. The summed E-state index contributed by atoms with van der Waals surface area (Å²) >= 11 is 0. The molecule has 5 rings (SSSR count). The highest BCUT2D eigenvalue weighted by molar-refractivity contribution is 6.05. The van der Waals surface area contributed by atoms with Gasteiger partial charge in [0.15, 0.2) is 0 Å². The Morgan fingerprint density at radius 1 is 1.03 bits per heavy atom. The van der Waals surface area contributed by atoms with E-state index in [9.17, 15) is 9.59 Å². The number of carbonyl (C=O) groups is 2. The van der Waals surface area contributed by atoms with Crippen LogP contribution in [0.15, 0.2) is 36.5 Å². The number of amides is 1. The average molecular weight is 449 g/mol. The number of aldehydes is 1. The highest BCUT2D eigenvalue weighted by atomic mass is 16.5. The van der Waals surface area contributed by atoms with Crippen LogP contribution in [0.3, 0.4) is 0 Å². The predicted molar refractivity (Wildman–Crippen MR) is 124 cm³/mol. The number of anilines is 1. The van der Waals surface area contributed by atoms with E-state index in [-0.39, 0.29) is 17.9 Å². The highest BCUT2D eigenvalue weighted by Crippen LogP contribution is 2.35. The average Bonchev–Trinajstić information content (AvgIpc) is 3.26. The van der Waals surface area contributed by atoms with E-state index in [1.54, 1.807) is 18.2 Å². The topological polar surface area (TPSA) is 95.3 Å². The molecule has 1 aromatic carbocycles. The third kappa shape index (κ3) is 4.84. The third-order valence-electron chi connectivity index (χ3n) is 6.43. The van der Waals surface area contributed by atoms with E-state index in [0.717, 1.165) is 62.1 Å². The summed E-state index contributed by atoms with van der Waals surface area (Å²) in [4.78, 5) is 28.3. The molecule has 0 saturated heterocycles. The van der Waals surface area contributed by atoms with Gasteiger partial charge in [-0.15, -0.1) is 0 Å². The van der Waals surface area contributed by atoms with Crippen molar-refractivity contribution < 1.29 is 19.1 Å². The maximum Gasteiger partial charge on any atom is 0.274 e. The van der Waals surface area contributed by atoms with E-state index < -0.39 is 0 Å². The number of ether oxygens (including phenoxy) is 2. The number of hydrogen-bond donors (Lipinski definition) is 1. The van der Waals surface area contributed by atoms with Crippen LogP contribution >= 0.6 is 0 Å². The molecular formula is C25H28N4O4. The van der Waals surface area contributed by atoms with Gasteiger partial charge in [0, 0.05) is 29.6 Å². The molecule has 2 aromatic heterocycles. The largest absolute Gasteiger partial charge is 0.491 e. The molecule has 1 N–H and O–H groups in total. The lowest BCUT2D eigenvalue weighted by Crippen LogP contribution is -2.19. The molecule has 3 heterocycles. The molecule has 8 heteroatoms. The molecule has 3 aromatic rings. The van der Waals surface area contributed by atoms with Gasteiger partial charge in [0.1, 0.15) is 17.7 Å². The second-order valence-corrected chi connectivity index (χ2v) is 8.79. The lowest BCUT2D eigenvalue weighted by molar-refractivity contribution is -0.112. The fraction of sp³-hybridized carbons (Fsp3) is 0.440. The van der Waals surface area contributed by atoms with Crippen LogP contribution in [0.2, 0.25) is 0 Å². The summed E-state index contributed by atoms with van der Waals surface area (Å²) in [5.74, 6) is 0.912. The zero-order valence-electron chi connectivity index (χ0n) is 18.5. The van der Waals surface area contributed by atoms with Crippen LogP contribution in [0, 0.1) is 5.92 Å². The molecule has 1 aliphatic heterocycles.